The quantitative estimate of drug-likeness (QED) is 0.840. The molecule has 1 aromatic rings. The summed E-state index contributed by atoms with van der Waals surface area (Å²) in [4.78, 5) is 28.8. The van der Waals surface area contributed by atoms with E-state index in [1.165, 1.54) is 0 Å². The van der Waals surface area contributed by atoms with E-state index in [-0.39, 0.29) is 17.9 Å². The van der Waals surface area contributed by atoms with E-state index in [2.05, 4.69) is 5.32 Å². The summed E-state index contributed by atoms with van der Waals surface area (Å²) in [6, 6.07) is 7.30. The van der Waals surface area contributed by atoms with Gasteiger partial charge in [-0.3, -0.25) is 9.59 Å². The van der Waals surface area contributed by atoms with Crippen molar-refractivity contribution in [1.29, 1.82) is 0 Å². The lowest BCUT2D eigenvalue weighted by Gasteiger charge is -2.35. The number of amides is 2. The van der Waals surface area contributed by atoms with E-state index in [9.17, 15) is 9.59 Å². The van der Waals surface area contributed by atoms with Crippen LogP contribution in [0.25, 0.3) is 0 Å². The fourth-order valence-corrected chi connectivity index (χ4v) is 3.28. The number of rotatable bonds is 2. The second-order valence-corrected chi connectivity index (χ2v) is 6.33. The van der Waals surface area contributed by atoms with Gasteiger partial charge in [-0.1, -0.05) is 11.6 Å². The third kappa shape index (κ3) is 2.83. The lowest BCUT2D eigenvalue weighted by molar-refractivity contribution is -0.142. The SMILES string of the molecule is C[C@H]1CNCCN1C(=O)C1CCN(c2ccc(Cl)cc2)C1=O. The molecule has 0 bridgehead atoms. The first-order valence-corrected chi connectivity index (χ1v) is 8.04. The van der Waals surface area contributed by atoms with E-state index in [0.29, 0.717) is 24.5 Å². The monoisotopic (exact) mass is 321 g/mol. The van der Waals surface area contributed by atoms with Crippen LogP contribution in [0, 0.1) is 5.92 Å². The topological polar surface area (TPSA) is 52.7 Å². The van der Waals surface area contributed by atoms with Crippen LogP contribution >= 0.6 is 11.6 Å². The Morgan fingerprint density at radius 3 is 2.68 bits per heavy atom. The third-order valence-electron chi connectivity index (χ3n) is 4.43. The van der Waals surface area contributed by atoms with Crippen molar-refractivity contribution in [2.75, 3.05) is 31.1 Å². The van der Waals surface area contributed by atoms with Gasteiger partial charge in [0, 0.05) is 42.9 Å². The summed E-state index contributed by atoms with van der Waals surface area (Å²) >= 11 is 5.88. The van der Waals surface area contributed by atoms with Crippen molar-refractivity contribution in [1.82, 2.24) is 10.2 Å². The van der Waals surface area contributed by atoms with Crippen LogP contribution in [0.3, 0.4) is 0 Å². The molecule has 1 N–H and O–H groups in total. The minimum atomic E-state index is -0.545. The van der Waals surface area contributed by atoms with Crippen LogP contribution in [-0.4, -0.2) is 48.9 Å². The second-order valence-electron chi connectivity index (χ2n) is 5.89. The number of nitrogens with zero attached hydrogens (tertiary/aromatic N) is 2. The predicted molar refractivity (Wildman–Crippen MR) is 86.0 cm³/mol. The first kappa shape index (κ1) is 15.3. The van der Waals surface area contributed by atoms with E-state index >= 15 is 0 Å². The Hall–Kier alpha value is -1.59. The van der Waals surface area contributed by atoms with Crippen LogP contribution < -0.4 is 10.2 Å². The highest BCUT2D eigenvalue weighted by Crippen LogP contribution is 2.28. The highest BCUT2D eigenvalue weighted by molar-refractivity contribution is 6.30. The normalized spacial score (nSPS) is 25.6. The smallest absolute Gasteiger partial charge is 0.239 e. The Labute approximate surface area is 135 Å². The number of piperazine rings is 1. The van der Waals surface area contributed by atoms with Gasteiger partial charge in [0.15, 0.2) is 0 Å². The molecule has 2 saturated heterocycles. The standard InChI is InChI=1S/C16H20ClN3O2/c1-11-10-18-7-9-19(11)15(21)14-6-8-20(16(14)22)13-4-2-12(17)3-5-13/h2-5,11,14,18H,6-10H2,1H3/t11-,14?/m0/s1. The van der Waals surface area contributed by atoms with Crippen LogP contribution in [-0.2, 0) is 9.59 Å². The fraction of sp³-hybridized carbons (Fsp3) is 0.500. The molecule has 2 fully saturated rings. The maximum Gasteiger partial charge on any atom is 0.239 e. The number of benzene rings is 1. The number of carbonyl (C=O) groups excluding carboxylic acids is 2. The number of halogens is 1. The van der Waals surface area contributed by atoms with Gasteiger partial charge in [0.1, 0.15) is 5.92 Å². The molecular formula is C16H20ClN3O2. The Kier molecular flexibility index (Phi) is 4.36. The Balaban J connectivity index is 1.73. The van der Waals surface area contributed by atoms with E-state index in [4.69, 9.17) is 11.6 Å². The zero-order chi connectivity index (χ0) is 15.7. The summed E-state index contributed by atoms with van der Waals surface area (Å²) in [6.45, 7) is 4.84. The van der Waals surface area contributed by atoms with Crippen molar-refractivity contribution in [2.24, 2.45) is 5.92 Å². The van der Waals surface area contributed by atoms with Gasteiger partial charge in [0.2, 0.25) is 11.8 Å². The Morgan fingerprint density at radius 1 is 1.27 bits per heavy atom. The molecule has 0 aromatic heterocycles. The molecule has 1 unspecified atom stereocenters. The van der Waals surface area contributed by atoms with Gasteiger partial charge < -0.3 is 15.1 Å². The second kappa shape index (κ2) is 6.26. The van der Waals surface area contributed by atoms with Crippen molar-refractivity contribution in [3.8, 4) is 0 Å². The summed E-state index contributed by atoms with van der Waals surface area (Å²) in [5.41, 5.74) is 0.804. The molecule has 3 rings (SSSR count). The third-order valence-corrected chi connectivity index (χ3v) is 4.68. The van der Waals surface area contributed by atoms with Crippen molar-refractivity contribution < 1.29 is 9.59 Å². The van der Waals surface area contributed by atoms with Gasteiger partial charge in [-0.25, -0.2) is 0 Å². The molecule has 0 saturated carbocycles. The van der Waals surface area contributed by atoms with Gasteiger partial charge in [0.05, 0.1) is 0 Å². The van der Waals surface area contributed by atoms with Crippen LogP contribution in [0.15, 0.2) is 24.3 Å². The largest absolute Gasteiger partial charge is 0.337 e. The first-order chi connectivity index (χ1) is 10.6. The van der Waals surface area contributed by atoms with Gasteiger partial charge in [-0.15, -0.1) is 0 Å². The number of carbonyl (C=O) groups is 2. The molecule has 0 aliphatic carbocycles. The van der Waals surface area contributed by atoms with Crippen LogP contribution in [0.2, 0.25) is 5.02 Å². The number of hydrogen-bond donors (Lipinski definition) is 1. The van der Waals surface area contributed by atoms with Crippen LogP contribution in [0.1, 0.15) is 13.3 Å². The zero-order valence-corrected chi connectivity index (χ0v) is 13.3. The molecule has 2 atom stereocenters. The average molecular weight is 322 g/mol. The first-order valence-electron chi connectivity index (χ1n) is 7.66. The highest BCUT2D eigenvalue weighted by Gasteiger charge is 2.41. The summed E-state index contributed by atoms with van der Waals surface area (Å²) in [6.07, 6.45) is 0.580. The minimum absolute atomic E-state index is 0.0320. The summed E-state index contributed by atoms with van der Waals surface area (Å²) in [5.74, 6) is -0.676. The number of anilines is 1. The van der Waals surface area contributed by atoms with Crippen molar-refractivity contribution in [3.05, 3.63) is 29.3 Å². The van der Waals surface area contributed by atoms with E-state index < -0.39 is 5.92 Å². The lowest BCUT2D eigenvalue weighted by atomic mass is 10.0. The molecule has 2 amide bonds. The molecule has 118 valence electrons. The average Bonchev–Trinajstić information content (AvgIpc) is 2.90. The van der Waals surface area contributed by atoms with E-state index in [1.807, 2.05) is 24.0 Å². The summed E-state index contributed by atoms with van der Waals surface area (Å²) in [5, 5.41) is 3.90. The van der Waals surface area contributed by atoms with Gasteiger partial charge in [0.25, 0.3) is 0 Å². The molecular weight excluding hydrogens is 302 g/mol. The molecule has 5 nitrogen and oxygen atoms in total. The van der Waals surface area contributed by atoms with E-state index in [0.717, 1.165) is 18.8 Å². The van der Waals surface area contributed by atoms with Gasteiger partial charge in [-0.05, 0) is 37.6 Å². The molecule has 6 heteroatoms. The molecule has 2 heterocycles. The van der Waals surface area contributed by atoms with Crippen molar-refractivity contribution in [3.63, 3.8) is 0 Å². The van der Waals surface area contributed by atoms with Crippen molar-refractivity contribution >= 4 is 29.1 Å². The molecule has 1 aromatic carbocycles. The Morgan fingerprint density at radius 2 is 2.00 bits per heavy atom. The van der Waals surface area contributed by atoms with Gasteiger partial charge >= 0.3 is 0 Å². The fourth-order valence-electron chi connectivity index (χ4n) is 3.16. The molecule has 2 aliphatic rings. The van der Waals surface area contributed by atoms with Crippen LogP contribution in [0.4, 0.5) is 5.69 Å². The van der Waals surface area contributed by atoms with Gasteiger partial charge in [-0.2, -0.15) is 0 Å². The van der Waals surface area contributed by atoms with Crippen LogP contribution in [0.5, 0.6) is 0 Å². The maximum absolute atomic E-state index is 12.7. The Bertz CT molecular complexity index is 575. The lowest BCUT2D eigenvalue weighted by Crippen LogP contribution is -2.54. The summed E-state index contributed by atoms with van der Waals surface area (Å²) < 4.78 is 0. The summed E-state index contributed by atoms with van der Waals surface area (Å²) in [7, 11) is 0. The zero-order valence-electron chi connectivity index (χ0n) is 12.6. The minimum Gasteiger partial charge on any atom is -0.337 e. The van der Waals surface area contributed by atoms with E-state index in [1.54, 1.807) is 17.0 Å². The van der Waals surface area contributed by atoms with Crippen molar-refractivity contribution in [2.45, 2.75) is 19.4 Å². The predicted octanol–water partition coefficient (Wildman–Crippen LogP) is 1.51. The number of nitrogens with one attached hydrogen (secondary N) is 1. The number of hydrogen-bond acceptors (Lipinski definition) is 3. The molecule has 2 aliphatic heterocycles. The molecule has 0 spiro atoms. The maximum atomic E-state index is 12.7. The molecule has 22 heavy (non-hydrogen) atoms. The molecule has 0 radical (unpaired) electrons. The highest BCUT2D eigenvalue weighted by atomic mass is 35.5.